The number of carbonyl (C=O) groups excluding carboxylic acids is 2. The normalized spacial score (nSPS) is 20.2. The maximum absolute atomic E-state index is 12.1. The molecule has 1 aromatic rings. The van der Waals surface area contributed by atoms with E-state index >= 15 is 0 Å². The van der Waals surface area contributed by atoms with Crippen LogP contribution in [-0.2, 0) is 9.59 Å². The van der Waals surface area contributed by atoms with Gasteiger partial charge in [0.1, 0.15) is 0 Å². The second-order valence-electron chi connectivity index (χ2n) is 5.92. The van der Waals surface area contributed by atoms with E-state index in [4.69, 9.17) is 0 Å². The zero-order chi connectivity index (χ0) is 15.4. The van der Waals surface area contributed by atoms with Gasteiger partial charge in [0.15, 0.2) is 0 Å². The zero-order valence-electron chi connectivity index (χ0n) is 12.4. The molecule has 2 unspecified atom stereocenters. The average molecular weight is 353 g/mol. The predicted octanol–water partition coefficient (Wildman–Crippen LogP) is 3.19. The van der Waals surface area contributed by atoms with E-state index < -0.39 is 0 Å². The second kappa shape index (κ2) is 7.07. The van der Waals surface area contributed by atoms with Gasteiger partial charge in [0.25, 0.3) is 0 Å². The van der Waals surface area contributed by atoms with Crippen molar-refractivity contribution in [1.82, 2.24) is 5.32 Å². The highest BCUT2D eigenvalue weighted by Crippen LogP contribution is 2.39. The molecule has 1 saturated carbocycles. The summed E-state index contributed by atoms with van der Waals surface area (Å²) in [4.78, 5) is 24.0. The summed E-state index contributed by atoms with van der Waals surface area (Å²) in [7, 11) is 0. The van der Waals surface area contributed by atoms with E-state index in [1.165, 1.54) is 0 Å². The van der Waals surface area contributed by atoms with Gasteiger partial charge in [-0.1, -0.05) is 29.8 Å². The van der Waals surface area contributed by atoms with Gasteiger partial charge >= 0.3 is 0 Å². The van der Waals surface area contributed by atoms with Crippen LogP contribution in [0.2, 0.25) is 0 Å². The molecule has 4 nitrogen and oxygen atoms in total. The Kier molecular flexibility index (Phi) is 5.39. The van der Waals surface area contributed by atoms with Gasteiger partial charge < -0.3 is 10.6 Å². The number of anilines is 1. The summed E-state index contributed by atoms with van der Waals surface area (Å²) in [5, 5.41) is 5.76. The lowest BCUT2D eigenvalue weighted by atomic mass is 10.1. The SMILES string of the molecule is CC(C)CCNC(=O)C1CC1C(=O)Nc1ccc(Br)cc1. The van der Waals surface area contributed by atoms with Crippen LogP contribution in [-0.4, -0.2) is 18.4 Å². The van der Waals surface area contributed by atoms with E-state index in [0.717, 1.165) is 16.6 Å². The van der Waals surface area contributed by atoms with Crippen molar-refractivity contribution in [2.45, 2.75) is 26.7 Å². The predicted molar refractivity (Wildman–Crippen MR) is 86.8 cm³/mol. The van der Waals surface area contributed by atoms with E-state index in [9.17, 15) is 9.59 Å². The highest BCUT2D eigenvalue weighted by atomic mass is 79.9. The van der Waals surface area contributed by atoms with Crippen molar-refractivity contribution in [3.8, 4) is 0 Å². The summed E-state index contributed by atoms with van der Waals surface area (Å²) in [5.41, 5.74) is 0.758. The molecule has 0 aromatic heterocycles. The molecule has 2 amide bonds. The lowest BCUT2D eigenvalue weighted by Gasteiger charge is -2.07. The quantitative estimate of drug-likeness (QED) is 0.825. The number of rotatable bonds is 6. The fourth-order valence-electron chi connectivity index (χ4n) is 2.16. The molecule has 1 aliphatic rings. The van der Waals surface area contributed by atoms with Crippen LogP contribution in [0, 0.1) is 17.8 Å². The Bertz CT molecular complexity index is 514. The summed E-state index contributed by atoms with van der Waals surface area (Å²) < 4.78 is 0.967. The van der Waals surface area contributed by atoms with E-state index in [0.29, 0.717) is 18.9 Å². The Morgan fingerprint density at radius 2 is 1.81 bits per heavy atom. The minimum Gasteiger partial charge on any atom is -0.356 e. The number of hydrogen-bond acceptors (Lipinski definition) is 2. The smallest absolute Gasteiger partial charge is 0.228 e. The van der Waals surface area contributed by atoms with Crippen LogP contribution in [0.25, 0.3) is 0 Å². The molecule has 1 aliphatic carbocycles. The van der Waals surface area contributed by atoms with Crippen molar-refractivity contribution in [2.24, 2.45) is 17.8 Å². The Labute approximate surface area is 133 Å². The molecule has 1 aromatic carbocycles. The lowest BCUT2D eigenvalue weighted by Crippen LogP contribution is -2.28. The monoisotopic (exact) mass is 352 g/mol. The first-order valence-corrected chi connectivity index (χ1v) is 8.11. The van der Waals surface area contributed by atoms with Crippen molar-refractivity contribution < 1.29 is 9.59 Å². The van der Waals surface area contributed by atoms with Crippen LogP contribution in [0.15, 0.2) is 28.7 Å². The minimum absolute atomic E-state index is 0.00612. The first-order valence-electron chi connectivity index (χ1n) is 7.31. The van der Waals surface area contributed by atoms with Crippen molar-refractivity contribution in [3.05, 3.63) is 28.7 Å². The average Bonchev–Trinajstić information content (AvgIpc) is 3.21. The van der Waals surface area contributed by atoms with Crippen LogP contribution in [0.4, 0.5) is 5.69 Å². The van der Waals surface area contributed by atoms with Crippen molar-refractivity contribution in [1.29, 1.82) is 0 Å². The third kappa shape index (κ3) is 4.84. The lowest BCUT2D eigenvalue weighted by molar-refractivity contribution is -0.125. The summed E-state index contributed by atoms with van der Waals surface area (Å²) in [6.07, 6.45) is 1.62. The van der Waals surface area contributed by atoms with Gasteiger partial charge in [0, 0.05) is 16.7 Å². The summed E-state index contributed by atoms with van der Waals surface area (Å²) in [5.74, 6) is 0.161. The third-order valence-corrected chi connectivity index (χ3v) is 4.13. The molecule has 2 N–H and O–H groups in total. The fraction of sp³-hybridized carbons (Fsp3) is 0.500. The largest absolute Gasteiger partial charge is 0.356 e. The zero-order valence-corrected chi connectivity index (χ0v) is 13.9. The van der Waals surface area contributed by atoms with E-state index in [-0.39, 0.29) is 23.7 Å². The highest BCUT2D eigenvalue weighted by Gasteiger charge is 2.47. The highest BCUT2D eigenvalue weighted by molar-refractivity contribution is 9.10. The molecule has 0 saturated heterocycles. The van der Waals surface area contributed by atoms with Gasteiger partial charge in [0.05, 0.1) is 11.8 Å². The molecule has 2 rings (SSSR count). The number of halogens is 1. The molecule has 114 valence electrons. The minimum atomic E-state index is -0.187. The second-order valence-corrected chi connectivity index (χ2v) is 6.83. The Morgan fingerprint density at radius 3 is 2.43 bits per heavy atom. The van der Waals surface area contributed by atoms with E-state index in [1.807, 2.05) is 24.3 Å². The van der Waals surface area contributed by atoms with Gasteiger partial charge in [-0.15, -0.1) is 0 Å². The Morgan fingerprint density at radius 1 is 1.19 bits per heavy atom. The van der Waals surface area contributed by atoms with E-state index in [1.54, 1.807) is 0 Å². The van der Waals surface area contributed by atoms with Gasteiger partial charge in [-0.2, -0.15) is 0 Å². The number of hydrogen-bond donors (Lipinski definition) is 2. The Hall–Kier alpha value is -1.36. The summed E-state index contributed by atoms with van der Waals surface area (Å²) in [6, 6.07) is 7.42. The topological polar surface area (TPSA) is 58.2 Å². The number of carbonyl (C=O) groups is 2. The molecular formula is C16H21BrN2O2. The summed E-state index contributed by atoms with van der Waals surface area (Å²) >= 11 is 3.35. The van der Waals surface area contributed by atoms with Gasteiger partial charge in [-0.05, 0) is 43.0 Å². The fourth-order valence-corrected chi connectivity index (χ4v) is 2.42. The molecule has 0 aliphatic heterocycles. The van der Waals surface area contributed by atoms with Crippen LogP contribution in [0.3, 0.4) is 0 Å². The van der Waals surface area contributed by atoms with Crippen LogP contribution < -0.4 is 10.6 Å². The number of nitrogens with one attached hydrogen (secondary N) is 2. The van der Waals surface area contributed by atoms with Gasteiger partial charge in [-0.3, -0.25) is 9.59 Å². The summed E-state index contributed by atoms with van der Waals surface area (Å²) in [6.45, 7) is 4.93. The maximum atomic E-state index is 12.1. The van der Waals surface area contributed by atoms with Crippen molar-refractivity contribution >= 4 is 33.4 Å². The van der Waals surface area contributed by atoms with Gasteiger partial charge in [-0.25, -0.2) is 0 Å². The molecule has 21 heavy (non-hydrogen) atoms. The first kappa shape index (κ1) is 16.0. The van der Waals surface area contributed by atoms with Crippen LogP contribution in [0.1, 0.15) is 26.7 Å². The number of benzene rings is 1. The van der Waals surface area contributed by atoms with Crippen molar-refractivity contribution in [3.63, 3.8) is 0 Å². The Balaban J connectivity index is 1.75. The molecule has 0 spiro atoms. The molecule has 0 bridgehead atoms. The molecule has 5 heteroatoms. The molecule has 1 fully saturated rings. The molecule has 2 atom stereocenters. The molecule has 0 radical (unpaired) electrons. The van der Waals surface area contributed by atoms with Crippen LogP contribution >= 0.6 is 15.9 Å². The maximum Gasteiger partial charge on any atom is 0.228 e. The molecular weight excluding hydrogens is 332 g/mol. The first-order chi connectivity index (χ1) is 9.97. The van der Waals surface area contributed by atoms with Crippen molar-refractivity contribution in [2.75, 3.05) is 11.9 Å². The standard InChI is InChI=1S/C16H21BrN2O2/c1-10(2)7-8-18-15(20)13-9-14(13)16(21)19-12-5-3-11(17)4-6-12/h3-6,10,13-14H,7-9H2,1-2H3,(H,18,20)(H,19,21). The van der Waals surface area contributed by atoms with E-state index in [2.05, 4.69) is 40.4 Å². The number of amides is 2. The van der Waals surface area contributed by atoms with Gasteiger partial charge in [0.2, 0.25) is 11.8 Å². The van der Waals surface area contributed by atoms with Crippen LogP contribution in [0.5, 0.6) is 0 Å². The molecule has 0 heterocycles. The third-order valence-electron chi connectivity index (χ3n) is 3.60.